The van der Waals surface area contributed by atoms with Crippen LogP contribution in [-0.4, -0.2) is 30.3 Å². The number of nitrogens with one attached hydrogen (secondary N) is 1. The van der Waals surface area contributed by atoms with E-state index >= 15 is 0 Å². The average Bonchev–Trinajstić information content (AvgIpc) is 2.90. The first-order chi connectivity index (χ1) is 10.2. The minimum Gasteiger partial charge on any atom is -0.488 e. The van der Waals surface area contributed by atoms with Crippen LogP contribution in [0, 0.1) is 11.8 Å². The number of carboxylic acids is 1. The molecule has 4 heteroatoms. The standard InChI is InChI=1S/C17H23NO3/c19-17(20)13-7-5-12(6-8-13)10-18-11-15-9-14-3-1-2-4-16(14)21-15/h1-4,12-13,15,18H,5-11H2,(H,19,20). The van der Waals surface area contributed by atoms with Crippen molar-refractivity contribution in [1.29, 1.82) is 0 Å². The molecule has 1 aliphatic carbocycles. The van der Waals surface area contributed by atoms with E-state index in [4.69, 9.17) is 9.84 Å². The third-order valence-electron chi connectivity index (χ3n) is 4.71. The molecule has 0 radical (unpaired) electrons. The maximum absolute atomic E-state index is 10.9. The fourth-order valence-corrected chi connectivity index (χ4v) is 3.43. The highest BCUT2D eigenvalue weighted by atomic mass is 16.5. The van der Waals surface area contributed by atoms with Gasteiger partial charge in [-0.2, -0.15) is 0 Å². The zero-order valence-corrected chi connectivity index (χ0v) is 12.3. The first-order valence-corrected chi connectivity index (χ1v) is 7.90. The predicted octanol–water partition coefficient (Wildman–Crippen LogP) is 2.47. The van der Waals surface area contributed by atoms with Crippen LogP contribution < -0.4 is 10.1 Å². The molecule has 1 atom stereocenters. The number of hydrogen-bond acceptors (Lipinski definition) is 3. The normalized spacial score (nSPS) is 27.9. The van der Waals surface area contributed by atoms with Crippen LogP contribution in [-0.2, 0) is 11.2 Å². The molecule has 1 unspecified atom stereocenters. The summed E-state index contributed by atoms with van der Waals surface area (Å²) in [5.74, 6) is 0.892. The van der Waals surface area contributed by atoms with Gasteiger partial charge in [0.05, 0.1) is 5.92 Å². The molecule has 1 aliphatic heterocycles. The van der Waals surface area contributed by atoms with Gasteiger partial charge in [-0.3, -0.25) is 4.79 Å². The summed E-state index contributed by atoms with van der Waals surface area (Å²) >= 11 is 0. The minimum absolute atomic E-state index is 0.117. The predicted molar refractivity (Wildman–Crippen MR) is 80.5 cm³/mol. The molecule has 0 saturated heterocycles. The van der Waals surface area contributed by atoms with Gasteiger partial charge in [0.15, 0.2) is 0 Å². The Labute approximate surface area is 125 Å². The molecule has 21 heavy (non-hydrogen) atoms. The van der Waals surface area contributed by atoms with E-state index in [1.54, 1.807) is 0 Å². The summed E-state index contributed by atoms with van der Waals surface area (Å²) in [4.78, 5) is 10.9. The van der Waals surface area contributed by atoms with Gasteiger partial charge in [-0.15, -0.1) is 0 Å². The summed E-state index contributed by atoms with van der Waals surface area (Å²) < 4.78 is 5.90. The lowest BCUT2D eigenvalue weighted by molar-refractivity contribution is -0.143. The van der Waals surface area contributed by atoms with Crippen molar-refractivity contribution in [3.8, 4) is 5.75 Å². The fourth-order valence-electron chi connectivity index (χ4n) is 3.43. The quantitative estimate of drug-likeness (QED) is 0.874. The van der Waals surface area contributed by atoms with Gasteiger partial charge in [-0.1, -0.05) is 18.2 Å². The number of carbonyl (C=O) groups is 1. The van der Waals surface area contributed by atoms with E-state index in [1.165, 1.54) is 5.56 Å². The topological polar surface area (TPSA) is 58.6 Å². The fraction of sp³-hybridized carbons (Fsp3) is 0.588. The Hall–Kier alpha value is -1.55. The largest absolute Gasteiger partial charge is 0.488 e. The van der Waals surface area contributed by atoms with Crippen molar-refractivity contribution in [2.75, 3.05) is 13.1 Å². The number of para-hydroxylation sites is 1. The number of fused-ring (bicyclic) bond motifs is 1. The zero-order chi connectivity index (χ0) is 14.7. The average molecular weight is 289 g/mol. The summed E-state index contributed by atoms with van der Waals surface area (Å²) in [5.41, 5.74) is 1.30. The summed E-state index contributed by atoms with van der Waals surface area (Å²) in [5, 5.41) is 12.5. The van der Waals surface area contributed by atoms with Crippen molar-refractivity contribution in [2.45, 2.75) is 38.2 Å². The molecule has 1 aromatic rings. The van der Waals surface area contributed by atoms with Gasteiger partial charge in [0.25, 0.3) is 0 Å². The molecule has 2 aliphatic rings. The molecule has 3 rings (SSSR count). The molecule has 4 nitrogen and oxygen atoms in total. The second-order valence-corrected chi connectivity index (χ2v) is 6.27. The molecule has 0 bridgehead atoms. The van der Waals surface area contributed by atoms with Crippen molar-refractivity contribution in [3.05, 3.63) is 29.8 Å². The number of rotatable bonds is 5. The first kappa shape index (κ1) is 14.4. The van der Waals surface area contributed by atoms with Crippen LogP contribution in [0.1, 0.15) is 31.2 Å². The Morgan fingerprint density at radius 1 is 1.19 bits per heavy atom. The monoisotopic (exact) mass is 289 g/mol. The molecule has 1 saturated carbocycles. The molecule has 0 spiro atoms. The SMILES string of the molecule is O=C(O)C1CCC(CNCC2Cc3ccccc3O2)CC1. The van der Waals surface area contributed by atoms with Crippen LogP contribution in [0.3, 0.4) is 0 Å². The van der Waals surface area contributed by atoms with Crippen LogP contribution >= 0.6 is 0 Å². The second-order valence-electron chi connectivity index (χ2n) is 6.27. The highest BCUT2D eigenvalue weighted by molar-refractivity contribution is 5.69. The maximum atomic E-state index is 10.9. The number of hydrogen-bond donors (Lipinski definition) is 2. The first-order valence-electron chi connectivity index (χ1n) is 7.90. The van der Waals surface area contributed by atoms with Crippen LogP contribution in [0.5, 0.6) is 5.75 Å². The molecule has 1 fully saturated rings. The van der Waals surface area contributed by atoms with Gasteiger partial charge >= 0.3 is 5.97 Å². The van der Waals surface area contributed by atoms with Gasteiger partial charge < -0.3 is 15.2 Å². The Kier molecular flexibility index (Phi) is 4.44. The molecule has 2 N–H and O–H groups in total. The molecule has 1 heterocycles. The number of aliphatic carboxylic acids is 1. The highest BCUT2D eigenvalue weighted by Crippen LogP contribution is 2.29. The third-order valence-corrected chi connectivity index (χ3v) is 4.71. The molecular formula is C17H23NO3. The summed E-state index contributed by atoms with van der Waals surface area (Å²) in [6, 6.07) is 8.22. The lowest BCUT2D eigenvalue weighted by atomic mass is 9.82. The molecular weight excluding hydrogens is 266 g/mol. The molecule has 114 valence electrons. The third kappa shape index (κ3) is 3.56. The van der Waals surface area contributed by atoms with Crippen LogP contribution in [0.2, 0.25) is 0 Å². The van der Waals surface area contributed by atoms with E-state index in [9.17, 15) is 4.79 Å². The van der Waals surface area contributed by atoms with Crippen LogP contribution in [0.25, 0.3) is 0 Å². The van der Waals surface area contributed by atoms with Gasteiger partial charge in [-0.25, -0.2) is 0 Å². The van der Waals surface area contributed by atoms with Crippen molar-refractivity contribution in [2.24, 2.45) is 11.8 Å². The maximum Gasteiger partial charge on any atom is 0.306 e. The number of ether oxygens (including phenoxy) is 1. The molecule has 0 aromatic heterocycles. The number of benzene rings is 1. The molecule has 0 amide bonds. The number of carboxylic acid groups (broad SMARTS) is 1. The summed E-state index contributed by atoms with van der Waals surface area (Å²) in [7, 11) is 0. The van der Waals surface area contributed by atoms with Crippen molar-refractivity contribution in [3.63, 3.8) is 0 Å². The lowest BCUT2D eigenvalue weighted by Crippen LogP contribution is -2.35. The van der Waals surface area contributed by atoms with Crippen LogP contribution in [0.4, 0.5) is 0 Å². The smallest absolute Gasteiger partial charge is 0.306 e. The zero-order valence-electron chi connectivity index (χ0n) is 12.3. The lowest BCUT2D eigenvalue weighted by Gasteiger charge is -2.26. The van der Waals surface area contributed by atoms with E-state index in [0.717, 1.165) is 50.9 Å². The van der Waals surface area contributed by atoms with E-state index in [2.05, 4.69) is 17.4 Å². The van der Waals surface area contributed by atoms with Gasteiger partial charge in [0, 0.05) is 13.0 Å². The van der Waals surface area contributed by atoms with E-state index < -0.39 is 5.97 Å². The highest BCUT2D eigenvalue weighted by Gasteiger charge is 2.26. The van der Waals surface area contributed by atoms with Gasteiger partial charge in [-0.05, 0) is 49.8 Å². The summed E-state index contributed by atoms with van der Waals surface area (Å²) in [6.45, 7) is 1.84. The van der Waals surface area contributed by atoms with Crippen molar-refractivity contribution >= 4 is 5.97 Å². The molecule has 1 aromatic carbocycles. The van der Waals surface area contributed by atoms with Crippen molar-refractivity contribution < 1.29 is 14.6 Å². The minimum atomic E-state index is -0.626. The van der Waals surface area contributed by atoms with Crippen molar-refractivity contribution in [1.82, 2.24) is 5.32 Å². The van der Waals surface area contributed by atoms with Gasteiger partial charge in [0.1, 0.15) is 11.9 Å². The Morgan fingerprint density at radius 3 is 2.67 bits per heavy atom. The van der Waals surface area contributed by atoms with Crippen LogP contribution in [0.15, 0.2) is 24.3 Å². The van der Waals surface area contributed by atoms with E-state index in [-0.39, 0.29) is 12.0 Å². The van der Waals surface area contributed by atoms with Gasteiger partial charge in [0.2, 0.25) is 0 Å². The Bertz CT molecular complexity index is 470. The summed E-state index contributed by atoms with van der Waals surface area (Å²) in [6.07, 6.45) is 4.92. The second kappa shape index (κ2) is 6.48. The van der Waals surface area contributed by atoms with E-state index in [1.807, 2.05) is 12.1 Å². The van der Waals surface area contributed by atoms with E-state index in [0.29, 0.717) is 5.92 Å². The Balaban J connectivity index is 1.36. The Morgan fingerprint density at radius 2 is 1.95 bits per heavy atom.